The van der Waals surface area contributed by atoms with Crippen LogP contribution in [0.5, 0.6) is 5.75 Å². The third-order valence-electron chi connectivity index (χ3n) is 3.83. The van der Waals surface area contributed by atoms with Crippen LogP contribution in [-0.2, 0) is 13.0 Å². The van der Waals surface area contributed by atoms with Crippen LogP contribution in [0.2, 0.25) is 0 Å². The Kier molecular flexibility index (Phi) is 3.52. The van der Waals surface area contributed by atoms with Gasteiger partial charge in [-0.05, 0) is 47.9 Å². The summed E-state index contributed by atoms with van der Waals surface area (Å²) >= 11 is 0. The molecular weight excluding hydrogens is 264 g/mol. The monoisotopic (exact) mass is 282 g/mol. The van der Waals surface area contributed by atoms with Gasteiger partial charge < -0.3 is 15.4 Å². The Morgan fingerprint density at radius 2 is 1.95 bits per heavy atom. The van der Waals surface area contributed by atoms with Crippen molar-refractivity contribution in [3.05, 3.63) is 59.2 Å². The Labute approximate surface area is 124 Å². The number of nitrogens with zero attached hydrogens (tertiary/aromatic N) is 1. The van der Waals surface area contributed by atoms with Crippen LogP contribution in [-0.4, -0.2) is 24.5 Å². The Balaban J connectivity index is 1.78. The first kappa shape index (κ1) is 13.5. The van der Waals surface area contributed by atoms with Crippen LogP contribution in [0.15, 0.2) is 42.5 Å². The van der Waals surface area contributed by atoms with E-state index in [2.05, 4.69) is 0 Å². The summed E-state index contributed by atoms with van der Waals surface area (Å²) in [4.78, 5) is 14.4. The van der Waals surface area contributed by atoms with Gasteiger partial charge in [0.15, 0.2) is 0 Å². The van der Waals surface area contributed by atoms with E-state index in [0.29, 0.717) is 12.2 Å². The summed E-state index contributed by atoms with van der Waals surface area (Å²) in [6, 6.07) is 13.3. The predicted molar refractivity (Wildman–Crippen MR) is 82.3 cm³/mol. The molecule has 1 heterocycles. The second-order valence-corrected chi connectivity index (χ2v) is 5.24. The van der Waals surface area contributed by atoms with Crippen molar-refractivity contribution in [2.24, 2.45) is 0 Å². The number of benzene rings is 2. The van der Waals surface area contributed by atoms with E-state index in [9.17, 15) is 4.79 Å². The van der Waals surface area contributed by atoms with Crippen molar-refractivity contribution in [2.75, 3.05) is 19.4 Å². The van der Waals surface area contributed by atoms with E-state index in [4.69, 9.17) is 10.5 Å². The molecule has 108 valence electrons. The van der Waals surface area contributed by atoms with Crippen molar-refractivity contribution in [1.29, 1.82) is 0 Å². The van der Waals surface area contributed by atoms with Gasteiger partial charge in [0.2, 0.25) is 0 Å². The minimum atomic E-state index is 0.0760. The zero-order valence-electron chi connectivity index (χ0n) is 12.0. The number of anilines is 1. The standard InChI is InChI=1S/C17H18N2O2/c1-21-15-5-2-12(3-6-15)11-19-9-8-13-10-14(18)4-7-16(13)17(19)20/h2-7,10H,8-9,11,18H2,1H3. The van der Waals surface area contributed by atoms with Crippen LogP contribution in [0.3, 0.4) is 0 Å². The SMILES string of the molecule is COc1ccc(CN2CCc3cc(N)ccc3C2=O)cc1. The number of amides is 1. The molecule has 3 rings (SSSR count). The number of methoxy groups -OCH3 is 1. The number of hydrogen-bond donors (Lipinski definition) is 1. The molecule has 0 aliphatic carbocycles. The molecule has 0 bridgehead atoms. The van der Waals surface area contributed by atoms with E-state index in [1.165, 1.54) is 0 Å². The Hall–Kier alpha value is -2.49. The van der Waals surface area contributed by atoms with Crippen LogP contribution >= 0.6 is 0 Å². The Morgan fingerprint density at radius 1 is 1.19 bits per heavy atom. The fourth-order valence-corrected chi connectivity index (χ4v) is 2.66. The quantitative estimate of drug-likeness (QED) is 0.880. The van der Waals surface area contributed by atoms with Crippen LogP contribution in [0.4, 0.5) is 5.69 Å². The molecule has 0 aromatic heterocycles. The Morgan fingerprint density at radius 3 is 2.67 bits per heavy atom. The van der Waals surface area contributed by atoms with Crippen molar-refractivity contribution < 1.29 is 9.53 Å². The number of rotatable bonds is 3. The topological polar surface area (TPSA) is 55.6 Å². The van der Waals surface area contributed by atoms with Gasteiger partial charge in [-0.15, -0.1) is 0 Å². The maximum atomic E-state index is 12.5. The first-order chi connectivity index (χ1) is 10.2. The minimum Gasteiger partial charge on any atom is -0.497 e. The van der Waals surface area contributed by atoms with Gasteiger partial charge in [0, 0.05) is 24.3 Å². The lowest BCUT2D eigenvalue weighted by Gasteiger charge is -2.29. The molecule has 4 heteroatoms. The number of carbonyl (C=O) groups excluding carboxylic acids is 1. The molecule has 1 aliphatic rings. The fourth-order valence-electron chi connectivity index (χ4n) is 2.66. The number of fused-ring (bicyclic) bond motifs is 1. The number of nitrogens with two attached hydrogens (primary N) is 1. The summed E-state index contributed by atoms with van der Waals surface area (Å²) in [5, 5.41) is 0. The van der Waals surface area contributed by atoms with E-state index in [1.807, 2.05) is 41.3 Å². The van der Waals surface area contributed by atoms with E-state index in [1.54, 1.807) is 13.2 Å². The number of ether oxygens (including phenoxy) is 1. The van der Waals surface area contributed by atoms with Gasteiger partial charge >= 0.3 is 0 Å². The molecule has 0 spiro atoms. The molecule has 4 nitrogen and oxygen atoms in total. The van der Waals surface area contributed by atoms with Gasteiger partial charge in [0.25, 0.3) is 5.91 Å². The summed E-state index contributed by atoms with van der Waals surface area (Å²) in [5.74, 6) is 0.900. The zero-order chi connectivity index (χ0) is 14.8. The number of carbonyl (C=O) groups is 1. The van der Waals surface area contributed by atoms with Crippen molar-refractivity contribution >= 4 is 11.6 Å². The van der Waals surface area contributed by atoms with Crippen LogP contribution in [0.1, 0.15) is 21.5 Å². The maximum absolute atomic E-state index is 12.5. The zero-order valence-corrected chi connectivity index (χ0v) is 12.0. The molecule has 0 saturated carbocycles. The molecule has 2 aromatic carbocycles. The molecule has 0 unspecified atom stereocenters. The van der Waals surface area contributed by atoms with Gasteiger partial charge in [0.1, 0.15) is 5.75 Å². The van der Waals surface area contributed by atoms with Crippen molar-refractivity contribution in [1.82, 2.24) is 4.90 Å². The van der Waals surface area contributed by atoms with Gasteiger partial charge in [-0.3, -0.25) is 4.79 Å². The summed E-state index contributed by atoms with van der Waals surface area (Å²) in [6.45, 7) is 1.34. The first-order valence-electron chi connectivity index (χ1n) is 6.98. The van der Waals surface area contributed by atoms with Crippen LogP contribution in [0, 0.1) is 0 Å². The van der Waals surface area contributed by atoms with Gasteiger partial charge in [-0.2, -0.15) is 0 Å². The average Bonchev–Trinajstić information content (AvgIpc) is 2.51. The molecule has 0 fully saturated rings. The van der Waals surface area contributed by atoms with Crippen molar-refractivity contribution in [2.45, 2.75) is 13.0 Å². The van der Waals surface area contributed by atoms with Gasteiger partial charge in [-0.25, -0.2) is 0 Å². The highest BCUT2D eigenvalue weighted by atomic mass is 16.5. The third-order valence-corrected chi connectivity index (χ3v) is 3.83. The molecule has 21 heavy (non-hydrogen) atoms. The lowest BCUT2D eigenvalue weighted by atomic mass is 9.98. The minimum absolute atomic E-state index is 0.0760. The first-order valence-corrected chi connectivity index (χ1v) is 6.98. The predicted octanol–water partition coefficient (Wildman–Crippen LogP) is 2.48. The molecule has 1 amide bonds. The van der Waals surface area contributed by atoms with Gasteiger partial charge in [-0.1, -0.05) is 12.1 Å². The number of hydrogen-bond acceptors (Lipinski definition) is 3. The highest BCUT2D eigenvalue weighted by Crippen LogP contribution is 2.23. The lowest BCUT2D eigenvalue weighted by Crippen LogP contribution is -2.37. The highest BCUT2D eigenvalue weighted by molar-refractivity contribution is 5.97. The smallest absolute Gasteiger partial charge is 0.254 e. The second kappa shape index (κ2) is 5.48. The lowest BCUT2D eigenvalue weighted by molar-refractivity contribution is 0.0727. The summed E-state index contributed by atoms with van der Waals surface area (Å²) in [5.41, 5.74) is 9.40. The van der Waals surface area contributed by atoms with Crippen molar-refractivity contribution in [3.8, 4) is 5.75 Å². The van der Waals surface area contributed by atoms with E-state index < -0.39 is 0 Å². The van der Waals surface area contributed by atoms with E-state index in [-0.39, 0.29) is 5.91 Å². The van der Waals surface area contributed by atoms with E-state index >= 15 is 0 Å². The average molecular weight is 282 g/mol. The Bertz CT molecular complexity index is 665. The normalized spacial score (nSPS) is 14.0. The summed E-state index contributed by atoms with van der Waals surface area (Å²) in [6.07, 6.45) is 0.849. The van der Waals surface area contributed by atoms with Crippen LogP contribution < -0.4 is 10.5 Å². The fraction of sp³-hybridized carbons (Fsp3) is 0.235. The summed E-state index contributed by atoms with van der Waals surface area (Å²) < 4.78 is 5.15. The third kappa shape index (κ3) is 2.70. The van der Waals surface area contributed by atoms with Crippen molar-refractivity contribution in [3.63, 3.8) is 0 Å². The number of nitrogen functional groups attached to an aromatic ring is 1. The second-order valence-electron chi connectivity index (χ2n) is 5.24. The summed E-state index contributed by atoms with van der Waals surface area (Å²) in [7, 11) is 1.64. The molecule has 2 N–H and O–H groups in total. The molecule has 0 atom stereocenters. The molecule has 2 aromatic rings. The van der Waals surface area contributed by atoms with Gasteiger partial charge in [0.05, 0.1) is 7.11 Å². The van der Waals surface area contributed by atoms with E-state index in [0.717, 1.165) is 35.4 Å². The molecule has 0 radical (unpaired) electrons. The van der Waals surface area contributed by atoms with Crippen LogP contribution in [0.25, 0.3) is 0 Å². The largest absolute Gasteiger partial charge is 0.497 e. The molecule has 0 saturated heterocycles. The molecular formula is C17H18N2O2. The highest BCUT2D eigenvalue weighted by Gasteiger charge is 2.24. The molecule has 1 aliphatic heterocycles. The maximum Gasteiger partial charge on any atom is 0.254 e.